The highest BCUT2D eigenvalue weighted by Gasteiger charge is 2.19. The highest BCUT2D eigenvalue weighted by atomic mass is 16.5. The van der Waals surface area contributed by atoms with Crippen LogP contribution in [0.1, 0.15) is 30.1 Å². The number of hydrogen-bond donors (Lipinski definition) is 1. The van der Waals surface area contributed by atoms with Gasteiger partial charge in [0.1, 0.15) is 6.10 Å². The minimum Gasteiger partial charge on any atom is -0.382 e. The van der Waals surface area contributed by atoms with E-state index in [1.54, 1.807) is 14.2 Å². The Morgan fingerprint density at radius 3 is 2.83 bits per heavy atom. The van der Waals surface area contributed by atoms with Gasteiger partial charge in [-0.15, -0.1) is 0 Å². The Morgan fingerprint density at radius 1 is 1.33 bits per heavy atom. The lowest BCUT2D eigenvalue weighted by Gasteiger charge is -2.20. The second kappa shape index (κ2) is 6.88. The second-order valence-corrected chi connectivity index (χ2v) is 4.88. The van der Waals surface area contributed by atoms with Crippen LogP contribution in [0.4, 0.5) is 0 Å². The first-order valence-electron chi connectivity index (χ1n) is 6.68. The van der Waals surface area contributed by atoms with Crippen LogP contribution in [0.3, 0.4) is 0 Å². The topological polar surface area (TPSA) is 30.5 Å². The van der Waals surface area contributed by atoms with Crippen LogP contribution < -0.4 is 5.32 Å². The van der Waals surface area contributed by atoms with Crippen molar-refractivity contribution in [3.8, 4) is 0 Å². The fourth-order valence-corrected chi connectivity index (χ4v) is 2.67. The van der Waals surface area contributed by atoms with Gasteiger partial charge in [0.05, 0.1) is 6.61 Å². The third kappa shape index (κ3) is 3.31. The van der Waals surface area contributed by atoms with Crippen molar-refractivity contribution in [3.63, 3.8) is 0 Å². The van der Waals surface area contributed by atoms with E-state index in [1.807, 2.05) is 0 Å². The average Bonchev–Trinajstić information content (AvgIpc) is 2.90. The molecule has 0 bridgehead atoms. The van der Waals surface area contributed by atoms with E-state index in [0.717, 1.165) is 13.0 Å². The van der Waals surface area contributed by atoms with Gasteiger partial charge in [-0.25, -0.2) is 0 Å². The smallest absolute Gasteiger partial charge is 0.106 e. The van der Waals surface area contributed by atoms with Crippen LogP contribution in [0.5, 0.6) is 0 Å². The Bertz CT molecular complexity index is 361. The molecule has 1 aromatic carbocycles. The van der Waals surface area contributed by atoms with Crippen molar-refractivity contribution in [2.75, 3.05) is 27.4 Å². The standard InChI is InChI=1S/C15H23NO2/c1-17-11-15(18-2)14-8-4-3-6-12(14)10-13-7-5-9-16-13/h3-4,6,8,13,15-16H,5,7,9-11H2,1-2H3. The van der Waals surface area contributed by atoms with E-state index in [1.165, 1.54) is 24.0 Å². The van der Waals surface area contributed by atoms with E-state index in [2.05, 4.69) is 29.6 Å². The van der Waals surface area contributed by atoms with Crippen LogP contribution in [-0.2, 0) is 15.9 Å². The Labute approximate surface area is 109 Å². The van der Waals surface area contributed by atoms with Crippen LogP contribution in [0.15, 0.2) is 24.3 Å². The zero-order valence-electron chi connectivity index (χ0n) is 11.3. The predicted octanol–water partition coefficient (Wildman–Crippen LogP) is 2.31. The Hall–Kier alpha value is -0.900. The lowest BCUT2D eigenvalue weighted by molar-refractivity contribution is 0.0269. The molecule has 1 heterocycles. The van der Waals surface area contributed by atoms with Gasteiger partial charge in [-0.05, 0) is 36.9 Å². The van der Waals surface area contributed by atoms with Gasteiger partial charge in [0.15, 0.2) is 0 Å². The highest BCUT2D eigenvalue weighted by Crippen LogP contribution is 2.24. The molecular formula is C15H23NO2. The van der Waals surface area contributed by atoms with Gasteiger partial charge in [-0.2, -0.15) is 0 Å². The second-order valence-electron chi connectivity index (χ2n) is 4.88. The molecule has 0 radical (unpaired) electrons. The molecule has 0 aliphatic carbocycles. The number of rotatable bonds is 6. The van der Waals surface area contributed by atoms with Gasteiger partial charge >= 0.3 is 0 Å². The van der Waals surface area contributed by atoms with Crippen molar-refractivity contribution >= 4 is 0 Å². The first kappa shape index (κ1) is 13.5. The minimum atomic E-state index is 0.0348. The molecular weight excluding hydrogens is 226 g/mol. The molecule has 3 nitrogen and oxygen atoms in total. The number of ether oxygens (including phenoxy) is 2. The summed E-state index contributed by atoms with van der Waals surface area (Å²) in [5.74, 6) is 0. The molecule has 2 atom stereocenters. The van der Waals surface area contributed by atoms with E-state index >= 15 is 0 Å². The molecule has 2 unspecified atom stereocenters. The summed E-state index contributed by atoms with van der Waals surface area (Å²) in [7, 11) is 3.46. The summed E-state index contributed by atoms with van der Waals surface area (Å²) in [5.41, 5.74) is 2.64. The van der Waals surface area contributed by atoms with Gasteiger partial charge in [-0.1, -0.05) is 24.3 Å². The summed E-state index contributed by atoms with van der Waals surface area (Å²) in [6.07, 6.45) is 3.68. The minimum absolute atomic E-state index is 0.0348. The summed E-state index contributed by atoms with van der Waals surface area (Å²) in [5, 5.41) is 3.55. The lowest BCUT2D eigenvalue weighted by atomic mass is 9.96. The van der Waals surface area contributed by atoms with Crippen molar-refractivity contribution < 1.29 is 9.47 Å². The monoisotopic (exact) mass is 249 g/mol. The molecule has 18 heavy (non-hydrogen) atoms. The maximum atomic E-state index is 5.54. The lowest BCUT2D eigenvalue weighted by Crippen LogP contribution is -2.24. The van der Waals surface area contributed by atoms with Gasteiger partial charge in [-0.3, -0.25) is 0 Å². The van der Waals surface area contributed by atoms with Gasteiger partial charge in [0.25, 0.3) is 0 Å². The molecule has 0 saturated carbocycles. The van der Waals surface area contributed by atoms with Crippen molar-refractivity contribution in [3.05, 3.63) is 35.4 Å². The molecule has 1 N–H and O–H groups in total. The molecule has 1 saturated heterocycles. The van der Waals surface area contributed by atoms with Crippen molar-refractivity contribution in [1.29, 1.82) is 0 Å². The fourth-order valence-electron chi connectivity index (χ4n) is 2.67. The molecule has 0 aromatic heterocycles. The molecule has 1 aliphatic heterocycles. The maximum absolute atomic E-state index is 5.54. The molecule has 2 rings (SSSR count). The van der Waals surface area contributed by atoms with E-state index in [-0.39, 0.29) is 6.10 Å². The molecule has 1 aliphatic rings. The zero-order valence-corrected chi connectivity index (χ0v) is 11.3. The molecule has 100 valence electrons. The zero-order chi connectivity index (χ0) is 12.8. The molecule has 1 fully saturated rings. The molecule has 1 aromatic rings. The fraction of sp³-hybridized carbons (Fsp3) is 0.600. The summed E-state index contributed by atoms with van der Waals surface area (Å²) in [4.78, 5) is 0. The SMILES string of the molecule is COCC(OC)c1ccccc1CC1CCCN1. The third-order valence-electron chi connectivity index (χ3n) is 3.63. The van der Waals surface area contributed by atoms with E-state index < -0.39 is 0 Å². The Kier molecular flexibility index (Phi) is 5.17. The van der Waals surface area contributed by atoms with Gasteiger partial charge < -0.3 is 14.8 Å². The predicted molar refractivity (Wildman–Crippen MR) is 72.8 cm³/mol. The van der Waals surface area contributed by atoms with Crippen molar-refractivity contribution in [2.24, 2.45) is 0 Å². The van der Waals surface area contributed by atoms with Crippen molar-refractivity contribution in [2.45, 2.75) is 31.4 Å². The average molecular weight is 249 g/mol. The van der Waals surface area contributed by atoms with Gasteiger partial charge in [0, 0.05) is 20.3 Å². The summed E-state index contributed by atoms with van der Waals surface area (Å²) < 4.78 is 10.8. The summed E-state index contributed by atoms with van der Waals surface area (Å²) >= 11 is 0. The molecule has 0 amide bonds. The number of nitrogens with one attached hydrogen (secondary N) is 1. The van der Waals surface area contributed by atoms with Crippen LogP contribution in [0.2, 0.25) is 0 Å². The van der Waals surface area contributed by atoms with E-state index in [0.29, 0.717) is 12.6 Å². The van der Waals surface area contributed by atoms with Crippen LogP contribution >= 0.6 is 0 Å². The summed E-state index contributed by atoms with van der Waals surface area (Å²) in [6.45, 7) is 1.75. The third-order valence-corrected chi connectivity index (χ3v) is 3.63. The van der Waals surface area contributed by atoms with E-state index in [9.17, 15) is 0 Å². The first-order valence-corrected chi connectivity index (χ1v) is 6.68. The summed E-state index contributed by atoms with van der Waals surface area (Å²) in [6, 6.07) is 9.15. The molecule has 0 spiro atoms. The number of benzene rings is 1. The normalized spacial score (nSPS) is 21.1. The number of methoxy groups -OCH3 is 2. The van der Waals surface area contributed by atoms with E-state index in [4.69, 9.17) is 9.47 Å². The first-order chi connectivity index (χ1) is 8.85. The maximum Gasteiger partial charge on any atom is 0.106 e. The Balaban J connectivity index is 2.12. The number of hydrogen-bond acceptors (Lipinski definition) is 3. The van der Waals surface area contributed by atoms with Crippen molar-refractivity contribution in [1.82, 2.24) is 5.32 Å². The van der Waals surface area contributed by atoms with Crippen LogP contribution in [0.25, 0.3) is 0 Å². The Morgan fingerprint density at radius 2 is 2.17 bits per heavy atom. The molecule has 3 heteroatoms. The quantitative estimate of drug-likeness (QED) is 0.839. The van der Waals surface area contributed by atoms with Gasteiger partial charge in [0.2, 0.25) is 0 Å². The largest absolute Gasteiger partial charge is 0.382 e. The van der Waals surface area contributed by atoms with Crippen LogP contribution in [0, 0.1) is 0 Å². The highest BCUT2D eigenvalue weighted by molar-refractivity contribution is 5.30. The van der Waals surface area contributed by atoms with Crippen LogP contribution in [-0.4, -0.2) is 33.4 Å².